The van der Waals surface area contributed by atoms with Gasteiger partial charge in [-0.05, 0) is 18.1 Å². The zero-order valence-corrected chi connectivity index (χ0v) is 10.8. The zero-order chi connectivity index (χ0) is 13.9. The van der Waals surface area contributed by atoms with Gasteiger partial charge in [-0.1, -0.05) is 20.8 Å². The van der Waals surface area contributed by atoms with Gasteiger partial charge in [-0.2, -0.15) is 0 Å². The van der Waals surface area contributed by atoms with E-state index < -0.39 is 5.41 Å². The monoisotopic (exact) mass is 253 g/mol. The highest BCUT2D eigenvalue weighted by Gasteiger charge is 2.20. The van der Waals surface area contributed by atoms with Gasteiger partial charge in [0.2, 0.25) is 5.91 Å². The fraction of sp³-hybridized carbons (Fsp3) is 0.462. The molecule has 0 aromatic heterocycles. The van der Waals surface area contributed by atoms with Crippen LogP contribution < -0.4 is 5.32 Å². The van der Waals surface area contributed by atoms with Gasteiger partial charge in [0.1, 0.15) is 5.75 Å². The summed E-state index contributed by atoms with van der Waals surface area (Å²) in [6, 6.07) is 2.37. The molecular formula is C13H19NO4. The van der Waals surface area contributed by atoms with Gasteiger partial charge in [0, 0.05) is 18.0 Å². The summed E-state index contributed by atoms with van der Waals surface area (Å²) >= 11 is 0. The molecule has 1 aromatic rings. The van der Waals surface area contributed by atoms with Crippen molar-refractivity contribution in [3.8, 4) is 17.2 Å². The lowest BCUT2D eigenvalue weighted by molar-refractivity contribution is -0.128. The number of rotatable bonds is 3. The molecule has 100 valence electrons. The molecule has 0 aliphatic heterocycles. The van der Waals surface area contributed by atoms with E-state index in [1.54, 1.807) is 0 Å². The predicted octanol–water partition coefficient (Wildman–Crippen LogP) is 1.51. The molecule has 0 atom stereocenters. The minimum Gasteiger partial charge on any atom is -0.508 e. The molecular weight excluding hydrogens is 234 g/mol. The van der Waals surface area contributed by atoms with E-state index in [1.807, 2.05) is 20.8 Å². The van der Waals surface area contributed by atoms with Crippen molar-refractivity contribution in [3.63, 3.8) is 0 Å². The normalized spacial score (nSPS) is 11.3. The Hall–Kier alpha value is -1.91. The van der Waals surface area contributed by atoms with E-state index in [-0.39, 0.29) is 23.2 Å². The Labute approximate surface area is 106 Å². The molecule has 0 spiro atoms. The third-order valence-electron chi connectivity index (χ3n) is 2.54. The van der Waals surface area contributed by atoms with Gasteiger partial charge in [0.15, 0.2) is 11.5 Å². The van der Waals surface area contributed by atoms with E-state index in [2.05, 4.69) is 5.32 Å². The lowest BCUT2D eigenvalue weighted by Gasteiger charge is -2.17. The number of carbonyl (C=O) groups excluding carboxylic acids is 1. The Bertz CT molecular complexity index is 449. The largest absolute Gasteiger partial charge is 0.508 e. The maximum absolute atomic E-state index is 11.6. The number of aromatic hydroxyl groups is 3. The summed E-state index contributed by atoms with van der Waals surface area (Å²) in [5.74, 6) is -0.833. The van der Waals surface area contributed by atoms with Crippen LogP contribution in [0.25, 0.3) is 0 Å². The molecule has 0 aliphatic carbocycles. The number of benzene rings is 1. The first kappa shape index (κ1) is 14.2. The highest BCUT2D eigenvalue weighted by Crippen LogP contribution is 2.32. The summed E-state index contributed by atoms with van der Waals surface area (Å²) in [5, 5.41) is 30.8. The van der Waals surface area contributed by atoms with Crippen molar-refractivity contribution in [2.75, 3.05) is 6.54 Å². The van der Waals surface area contributed by atoms with Crippen molar-refractivity contribution >= 4 is 5.91 Å². The number of nitrogens with one attached hydrogen (secondary N) is 1. The number of carbonyl (C=O) groups is 1. The van der Waals surface area contributed by atoms with Crippen LogP contribution in [0.5, 0.6) is 17.2 Å². The predicted molar refractivity (Wildman–Crippen MR) is 67.6 cm³/mol. The Kier molecular flexibility index (Phi) is 4.06. The van der Waals surface area contributed by atoms with E-state index in [0.717, 1.165) is 6.07 Å². The van der Waals surface area contributed by atoms with E-state index >= 15 is 0 Å². The summed E-state index contributed by atoms with van der Waals surface area (Å²) in [7, 11) is 0. The van der Waals surface area contributed by atoms with E-state index in [9.17, 15) is 15.0 Å². The van der Waals surface area contributed by atoms with E-state index in [0.29, 0.717) is 18.5 Å². The SMILES string of the molecule is CC(C)(C)C(=O)NCCc1cc(O)c(O)cc1O. The molecule has 18 heavy (non-hydrogen) atoms. The van der Waals surface area contributed by atoms with Crippen molar-refractivity contribution in [3.05, 3.63) is 17.7 Å². The maximum atomic E-state index is 11.6. The third kappa shape index (κ3) is 3.55. The van der Waals surface area contributed by atoms with Crippen molar-refractivity contribution in [1.82, 2.24) is 5.32 Å². The summed E-state index contributed by atoms with van der Waals surface area (Å²) in [5.41, 5.74) is 0.0126. The molecule has 1 rings (SSSR count). The van der Waals surface area contributed by atoms with E-state index in [4.69, 9.17) is 5.11 Å². The van der Waals surface area contributed by atoms with Crippen molar-refractivity contribution in [2.24, 2.45) is 5.41 Å². The standard InChI is InChI=1S/C13H19NO4/c1-13(2,3)12(18)14-5-4-8-6-10(16)11(17)7-9(8)15/h6-7,15-17H,4-5H2,1-3H3,(H,14,18). The number of hydrogen-bond donors (Lipinski definition) is 4. The quantitative estimate of drug-likeness (QED) is 0.485. The second-order valence-corrected chi connectivity index (χ2v) is 5.23. The van der Waals surface area contributed by atoms with Gasteiger partial charge in [0.25, 0.3) is 0 Å². The van der Waals surface area contributed by atoms with Crippen molar-refractivity contribution in [2.45, 2.75) is 27.2 Å². The van der Waals surface area contributed by atoms with Crippen molar-refractivity contribution < 1.29 is 20.1 Å². The number of phenolic OH excluding ortho intramolecular Hbond substituents is 3. The molecule has 0 saturated heterocycles. The molecule has 5 nitrogen and oxygen atoms in total. The second kappa shape index (κ2) is 5.16. The molecule has 0 saturated carbocycles. The molecule has 0 heterocycles. The first-order valence-electron chi connectivity index (χ1n) is 5.74. The van der Waals surface area contributed by atoms with Crippen LogP contribution in [-0.4, -0.2) is 27.8 Å². The maximum Gasteiger partial charge on any atom is 0.225 e. The van der Waals surface area contributed by atoms with Gasteiger partial charge in [0.05, 0.1) is 0 Å². The fourth-order valence-corrected chi connectivity index (χ4v) is 1.39. The average Bonchev–Trinajstić information content (AvgIpc) is 2.23. The van der Waals surface area contributed by atoms with Gasteiger partial charge in [-0.3, -0.25) is 4.79 Å². The lowest BCUT2D eigenvalue weighted by atomic mass is 9.95. The van der Waals surface area contributed by atoms with Crippen LogP contribution >= 0.6 is 0 Å². The Morgan fingerprint density at radius 3 is 2.22 bits per heavy atom. The summed E-state index contributed by atoms with van der Waals surface area (Å²) in [4.78, 5) is 11.6. The highest BCUT2D eigenvalue weighted by molar-refractivity contribution is 5.81. The van der Waals surface area contributed by atoms with Gasteiger partial charge >= 0.3 is 0 Å². The number of amides is 1. The Morgan fingerprint density at radius 2 is 1.67 bits per heavy atom. The second-order valence-electron chi connectivity index (χ2n) is 5.23. The van der Waals surface area contributed by atoms with E-state index in [1.165, 1.54) is 6.07 Å². The molecule has 0 fully saturated rings. The zero-order valence-electron chi connectivity index (χ0n) is 10.8. The minimum atomic E-state index is -0.459. The topological polar surface area (TPSA) is 89.8 Å². The molecule has 1 amide bonds. The number of hydrogen-bond acceptors (Lipinski definition) is 4. The van der Waals surface area contributed by atoms with Gasteiger partial charge in [-0.15, -0.1) is 0 Å². The smallest absolute Gasteiger partial charge is 0.225 e. The van der Waals surface area contributed by atoms with Gasteiger partial charge in [-0.25, -0.2) is 0 Å². The minimum absolute atomic E-state index is 0.0787. The fourth-order valence-electron chi connectivity index (χ4n) is 1.39. The summed E-state index contributed by atoms with van der Waals surface area (Å²) in [6.45, 7) is 5.79. The third-order valence-corrected chi connectivity index (χ3v) is 2.54. The van der Waals surface area contributed by atoms with Gasteiger partial charge < -0.3 is 20.6 Å². The average molecular weight is 253 g/mol. The molecule has 0 radical (unpaired) electrons. The van der Waals surface area contributed by atoms with Crippen LogP contribution in [0.3, 0.4) is 0 Å². The molecule has 1 aromatic carbocycles. The molecule has 5 heteroatoms. The summed E-state index contributed by atoms with van der Waals surface area (Å²) < 4.78 is 0. The Morgan fingerprint density at radius 1 is 1.11 bits per heavy atom. The van der Waals surface area contributed by atoms with Crippen LogP contribution in [0.15, 0.2) is 12.1 Å². The number of phenols is 3. The molecule has 0 bridgehead atoms. The highest BCUT2D eigenvalue weighted by atomic mass is 16.3. The molecule has 4 N–H and O–H groups in total. The van der Waals surface area contributed by atoms with Crippen LogP contribution in [-0.2, 0) is 11.2 Å². The van der Waals surface area contributed by atoms with Crippen molar-refractivity contribution in [1.29, 1.82) is 0 Å². The van der Waals surface area contributed by atoms with Crippen LogP contribution in [0.1, 0.15) is 26.3 Å². The van der Waals surface area contributed by atoms with Crippen LogP contribution in [0, 0.1) is 5.41 Å². The van der Waals surface area contributed by atoms with Crippen LogP contribution in [0.2, 0.25) is 0 Å². The molecule has 0 unspecified atom stereocenters. The Balaban J connectivity index is 2.60. The van der Waals surface area contributed by atoms with Crippen LogP contribution in [0.4, 0.5) is 0 Å². The first-order chi connectivity index (χ1) is 8.21. The lowest BCUT2D eigenvalue weighted by Crippen LogP contribution is -2.35. The molecule has 0 aliphatic rings. The first-order valence-corrected chi connectivity index (χ1v) is 5.74. The summed E-state index contributed by atoms with van der Waals surface area (Å²) in [6.07, 6.45) is 0.376.